The molecule has 0 aromatic heterocycles. The molecule has 1 rings (SSSR count). The number of hydrogen-bond acceptors (Lipinski definition) is 8. The van der Waals surface area contributed by atoms with Gasteiger partial charge >= 0.3 is 17.9 Å². The molecule has 4 atom stereocenters. The van der Waals surface area contributed by atoms with Crippen molar-refractivity contribution in [1.29, 1.82) is 0 Å². The number of aliphatic hydroxyl groups excluding tert-OH is 1. The largest absolute Gasteiger partial charge is 0.456 e. The second kappa shape index (κ2) is 9.15. The molecule has 144 valence electrons. The molecule has 8 nitrogen and oxygen atoms in total. The van der Waals surface area contributed by atoms with Crippen LogP contribution in [0.25, 0.3) is 0 Å². The molecule has 8 heteroatoms. The summed E-state index contributed by atoms with van der Waals surface area (Å²) in [5.41, 5.74) is 0. The van der Waals surface area contributed by atoms with Gasteiger partial charge in [-0.2, -0.15) is 0 Å². The molecule has 0 saturated carbocycles. The molecule has 1 heterocycles. The van der Waals surface area contributed by atoms with Crippen molar-refractivity contribution in [3.05, 3.63) is 0 Å². The molecule has 1 aliphatic rings. The standard InChI is InChI=1S/C17H28O8/c1-8(2)14(18)23-11-7-22-17(21)13(25-16(20)10(5)6)12(11)24-15(19)9(3)4/h8-13,17,21H,7H2,1-6H3/t11-,12-,13+,17-/m0/s1. The molecular formula is C17H28O8. The maximum absolute atomic E-state index is 12.0. The average molecular weight is 360 g/mol. The number of aliphatic hydroxyl groups is 1. The number of esters is 3. The molecule has 0 amide bonds. The van der Waals surface area contributed by atoms with Crippen molar-refractivity contribution in [2.75, 3.05) is 6.61 Å². The van der Waals surface area contributed by atoms with Crippen LogP contribution < -0.4 is 0 Å². The Morgan fingerprint density at radius 3 is 1.64 bits per heavy atom. The first-order chi connectivity index (χ1) is 11.5. The van der Waals surface area contributed by atoms with Crippen LogP contribution in [0.15, 0.2) is 0 Å². The van der Waals surface area contributed by atoms with Crippen LogP contribution in [-0.4, -0.2) is 54.2 Å². The normalized spacial score (nSPS) is 26.6. The van der Waals surface area contributed by atoms with Crippen molar-refractivity contribution < 1.29 is 38.4 Å². The molecule has 0 spiro atoms. The van der Waals surface area contributed by atoms with Gasteiger partial charge in [-0.3, -0.25) is 14.4 Å². The molecular weight excluding hydrogens is 332 g/mol. The first-order valence-electron chi connectivity index (χ1n) is 8.45. The van der Waals surface area contributed by atoms with Crippen LogP contribution >= 0.6 is 0 Å². The Labute approximate surface area is 147 Å². The van der Waals surface area contributed by atoms with E-state index in [1.54, 1.807) is 41.5 Å². The van der Waals surface area contributed by atoms with E-state index in [2.05, 4.69) is 0 Å². The van der Waals surface area contributed by atoms with Gasteiger partial charge in [0.1, 0.15) is 0 Å². The summed E-state index contributed by atoms with van der Waals surface area (Å²) in [6.45, 7) is 9.68. The second-order valence-corrected chi connectivity index (χ2v) is 6.97. The lowest BCUT2D eigenvalue weighted by molar-refractivity contribution is -0.270. The molecule has 0 unspecified atom stereocenters. The van der Waals surface area contributed by atoms with Crippen LogP contribution in [0.3, 0.4) is 0 Å². The lowest BCUT2D eigenvalue weighted by atomic mass is 10.0. The monoisotopic (exact) mass is 360 g/mol. The third-order valence-corrected chi connectivity index (χ3v) is 3.59. The Morgan fingerprint density at radius 2 is 1.20 bits per heavy atom. The van der Waals surface area contributed by atoms with Crippen LogP contribution in [0.4, 0.5) is 0 Å². The lowest BCUT2D eigenvalue weighted by Gasteiger charge is -2.39. The van der Waals surface area contributed by atoms with Gasteiger partial charge in [0.15, 0.2) is 24.6 Å². The number of ether oxygens (including phenoxy) is 4. The fourth-order valence-electron chi connectivity index (χ4n) is 1.95. The van der Waals surface area contributed by atoms with E-state index in [1.807, 2.05) is 0 Å². The van der Waals surface area contributed by atoms with Crippen LogP contribution in [0.1, 0.15) is 41.5 Å². The summed E-state index contributed by atoms with van der Waals surface area (Å²) in [5.74, 6) is -2.95. The molecule has 0 aromatic rings. The molecule has 0 aliphatic carbocycles. The molecule has 1 fully saturated rings. The Hall–Kier alpha value is -1.67. The second-order valence-electron chi connectivity index (χ2n) is 6.97. The highest BCUT2D eigenvalue weighted by atomic mass is 16.7. The van der Waals surface area contributed by atoms with Gasteiger partial charge in [-0.05, 0) is 0 Å². The predicted molar refractivity (Wildman–Crippen MR) is 86.1 cm³/mol. The minimum atomic E-state index is -1.48. The third-order valence-electron chi connectivity index (χ3n) is 3.59. The quantitative estimate of drug-likeness (QED) is 0.553. The van der Waals surface area contributed by atoms with E-state index in [1.165, 1.54) is 0 Å². The third kappa shape index (κ3) is 5.97. The summed E-state index contributed by atoms with van der Waals surface area (Å²) in [5, 5.41) is 10.1. The van der Waals surface area contributed by atoms with Crippen molar-refractivity contribution in [3.8, 4) is 0 Å². The first kappa shape index (κ1) is 21.4. The van der Waals surface area contributed by atoms with Gasteiger partial charge in [-0.15, -0.1) is 0 Å². The van der Waals surface area contributed by atoms with Crippen molar-refractivity contribution in [2.24, 2.45) is 17.8 Å². The summed E-state index contributed by atoms with van der Waals surface area (Å²) in [7, 11) is 0. The average Bonchev–Trinajstić information content (AvgIpc) is 2.52. The fraction of sp³-hybridized carbons (Fsp3) is 0.824. The maximum atomic E-state index is 12.0. The van der Waals surface area contributed by atoms with Crippen LogP contribution in [-0.2, 0) is 33.3 Å². The number of rotatable bonds is 6. The van der Waals surface area contributed by atoms with Crippen molar-refractivity contribution >= 4 is 17.9 Å². The van der Waals surface area contributed by atoms with E-state index in [0.29, 0.717) is 0 Å². The molecule has 1 aliphatic heterocycles. The lowest BCUT2D eigenvalue weighted by Crippen LogP contribution is -2.58. The zero-order valence-electron chi connectivity index (χ0n) is 15.6. The zero-order chi connectivity index (χ0) is 19.3. The van der Waals surface area contributed by atoms with Crippen LogP contribution in [0.5, 0.6) is 0 Å². The highest BCUT2D eigenvalue weighted by molar-refractivity contribution is 5.73. The Kier molecular flexibility index (Phi) is 7.82. The summed E-state index contributed by atoms with van der Waals surface area (Å²) < 4.78 is 21.1. The van der Waals surface area contributed by atoms with E-state index >= 15 is 0 Å². The van der Waals surface area contributed by atoms with Gasteiger partial charge in [0.25, 0.3) is 0 Å². The minimum absolute atomic E-state index is 0.175. The highest BCUT2D eigenvalue weighted by Gasteiger charge is 2.47. The van der Waals surface area contributed by atoms with Gasteiger partial charge in [0.05, 0.1) is 24.4 Å². The van der Waals surface area contributed by atoms with Gasteiger partial charge in [-0.25, -0.2) is 0 Å². The van der Waals surface area contributed by atoms with E-state index in [0.717, 1.165) is 0 Å². The van der Waals surface area contributed by atoms with Crippen LogP contribution in [0, 0.1) is 17.8 Å². The highest BCUT2D eigenvalue weighted by Crippen LogP contribution is 2.25. The minimum Gasteiger partial charge on any atom is -0.456 e. The smallest absolute Gasteiger partial charge is 0.308 e. The van der Waals surface area contributed by atoms with E-state index in [9.17, 15) is 19.5 Å². The van der Waals surface area contributed by atoms with Crippen molar-refractivity contribution in [2.45, 2.75) is 66.1 Å². The Bertz CT molecular complexity index is 485. The first-order valence-corrected chi connectivity index (χ1v) is 8.45. The summed E-state index contributed by atoms with van der Waals surface area (Å²) in [4.78, 5) is 35.9. The fourth-order valence-corrected chi connectivity index (χ4v) is 1.95. The van der Waals surface area contributed by atoms with E-state index in [-0.39, 0.29) is 6.61 Å². The number of hydrogen-bond donors (Lipinski definition) is 1. The molecule has 1 saturated heterocycles. The summed E-state index contributed by atoms with van der Waals surface area (Å²) in [6.07, 6.45) is -4.90. The molecule has 1 N–H and O–H groups in total. The summed E-state index contributed by atoms with van der Waals surface area (Å²) in [6, 6.07) is 0. The van der Waals surface area contributed by atoms with Gasteiger partial charge in [0, 0.05) is 0 Å². The van der Waals surface area contributed by atoms with Gasteiger partial charge in [-0.1, -0.05) is 41.5 Å². The molecule has 0 bridgehead atoms. The van der Waals surface area contributed by atoms with Gasteiger partial charge < -0.3 is 24.1 Å². The Morgan fingerprint density at radius 1 is 0.800 bits per heavy atom. The summed E-state index contributed by atoms with van der Waals surface area (Å²) >= 11 is 0. The zero-order valence-corrected chi connectivity index (χ0v) is 15.6. The number of carbonyl (C=O) groups is 3. The van der Waals surface area contributed by atoms with E-state index in [4.69, 9.17) is 18.9 Å². The number of carbonyl (C=O) groups excluding carboxylic acids is 3. The molecule has 25 heavy (non-hydrogen) atoms. The van der Waals surface area contributed by atoms with Crippen molar-refractivity contribution in [1.82, 2.24) is 0 Å². The van der Waals surface area contributed by atoms with Gasteiger partial charge in [0.2, 0.25) is 0 Å². The topological polar surface area (TPSA) is 108 Å². The van der Waals surface area contributed by atoms with E-state index < -0.39 is 60.3 Å². The maximum Gasteiger partial charge on any atom is 0.308 e. The Balaban J connectivity index is 3.03. The van der Waals surface area contributed by atoms with Crippen LogP contribution in [0.2, 0.25) is 0 Å². The molecule has 0 radical (unpaired) electrons. The molecule has 0 aromatic carbocycles. The van der Waals surface area contributed by atoms with Crippen molar-refractivity contribution in [3.63, 3.8) is 0 Å². The predicted octanol–water partition coefficient (Wildman–Crippen LogP) is 1.04. The SMILES string of the molecule is CC(C)C(=O)O[C@@H]1[C@@H](OC(=O)C(C)C)[C@@H](O)OC[C@@H]1OC(=O)C(C)C.